The predicted molar refractivity (Wildman–Crippen MR) is 166 cm³/mol. The number of aromatic nitrogens is 1. The van der Waals surface area contributed by atoms with Crippen molar-refractivity contribution < 1.29 is 14.3 Å². The van der Waals surface area contributed by atoms with Crippen LogP contribution in [0.1, 0.15) is 53.4 Å². The fraction of sp³-hybridized carbons (Fsp3) is 0.222. The van der Waals surface area contributed by atoms with E-state index in [9.17, 15) is 9.59 Å². The summed E-state index contributed by atoms with van der Waals surface area (Å²) in [6.07, 6.45) is 2.84. The number of carbonyl (C=O) groups is 2. The van der Waals surface area contributed by atoms with Crippen molar-refractivity contribution in [1.29, 1.82) is 0 Å². The van der Waals surface area contributed by atoms with Crippen LogP contribution < -0.4 is 10.1 Å². The molecule has 42 heavy (non-hydrogen) atoms. The normalized spacial score (nSPS) is 15.8. The van der Waals surface area contributed by atoms with Gasteiger partial charge >= 0.3 is 0 Å². The number of carbonyl (C=O) groups excluding carboxylic acids is 2. The van der Waals surface area contributed by atoms with Gasteiger partial charge in [0.05, 0.1) is 6.04 Å². The van der Waals surface area contributed by atoms with E-state index >= 15 is 0 Å². The molecule has 1 N–H and O–H groups in total. The third-order valence-electron chi connectivity index (χ3n) is 8.34. The predicted octanol–water partition coefficient (Wildman–Crippen LogP) is 7.36. The number of hydrogen-bond acceptors (Lipinski definition) is 3. The lowest BCUT2D eigenvalue weighted by Gasteiger charge is -2.36. The van der Waals surface area contributed by atoms with Crippen LogP contribution in [0.2, 0.25) is 0 Å². The SMILES string of the molecule is CCC(C)C(C(=O)Nc1ccc(OCc2ccccc2)cc1)N1C(=O)c2ccccc2C1c1cn(C)c2ccccc12. The number of ether oxygens (including phenoxy) is 1. The van der Waals surface area contributed by atoms with Gasteiger partial charge in [-0.15, -0.1) is 0 Å². The lowest BCUT2D eigenvalue weighted by Crippen LogP contribution is -2.49. The molecule has 0 aliphatic carbocycles. The molecule has 2 heterocycles. The second-order valence-corrected chi connectivity index (χ2v) is 11.0. The molecule has 4 aromatic carbocycles. The number of para-hydroxylation sites is 1. The molecule has 1 aliphatic rings. The van der Waals surface area contributed by atoms with E-state index in [1.54, 1.807) is 0 Å². The van der Waals surface area contributed by atoms with Crippen LogP contribution in [0.25, 0.3) is 10.9 Å². The summed E-state index contributed by atoms with van der Waals surface area (Å²) in [7, 11) is 2.02. The van der Waals surface area contributed by atoms with Gasteiger partial charge in [-0.25, -0.2) is 0 Å². The van der Waals surface area contributed by atoms with Gasteiger partial charge in [0.25, 0.3) is 5.91 Å². The van der Waals surface area contributed by atoms with E-state index < -0.39 is 6.04 Å². The Hall–Kier alpha value is -4.84. The number of nitrogens with one attached hydrogen (secondary N) is 1. The number of anilines is 1. The molecule has 1 aliphatic heterocycles. The Kier molecular flexibility index (Phi) is 7.53. The number of amides is 2. The highest BCUT2D eigenvalue weighted by atomic mass is 16.5. The quantitative estimate of drug-likeness (QED) is 0.206. The van der Waals surface area contributed by atoms with Crippen LogP contribution in [0.15, 0.2) is 109 Å². The maximum Gasteiger partial charge on any atom is 0.255 e. The van der Waals surface area contributed by atoms with Crippen molar-refractivity contribution in [2.75, 3.05) is 5.32 Å². The van der Waals surface area contributed by atoms with Gasteiger partial charge in [-0.05, 0) is 53.4 Å². The van der Waals surface area contributed by atoms with E-state index in [0.717, 1.165) is 39.8 Å². The summed E-state index contributed by atoms with van der Waals surface area (Å²) in [5.74, 6) is 0.327. The lowest BCUT2D eigenvalue weighted by atomic mass is 9.92. The Bertz CT molecular complexity index is 1730. The number of rotatable bonds is 9. The molecule has 0 saturated carbocycles. The first-order valence-electron chi connectivity index (χ1n) is 14.5. The van der Waals surface area contributed by atoms with Crippen molar-refractivity contribution in [1.82, 2.24) is 9.47 Å². The van der Waals surface area contributed by atoms with Gasteiger partial charge < -0.3 is 19.5 Å². The Morgan fingerprint density at radius 1 is 0.881 bits per heavy atom. The maximum absolute atomic E-state index is 14.1. The first-order valence-corrected chi connectivity index (χ1v) is 14.5. The topological polar surface area (TPSA) is 63.6 Å². The summed E-state index contributed by atoms with van der Waals surface area (Å²) in [5.41, 5.74) is 5.43. The van der Waals surface area contributed by atoms with Crippen molar-refractivity contribution in [3.63, 3.8) is 0 Å². The third-order valence-corrected chi connectivity index (χ3v) is 8.34. The average Bonchev–Trinajstić information content (AvgIpc) is 3.50. The summed E-state index contributed by atoms with van der Waals surface area (Å²) in [6.45, 7) is 4.57. The minimum Gasteiger partial charge on any atom is -0.489 e. The largest absolute Gasteiger partial charge is 0.489 e. The van der Waals surface area contributed by atoms with Gasteiger partial charge in [-0.1, -0.05) is 87.0 Å². The third kappa shape index (κ3) is 5.05. The van der Waals surface area contributed by atoms with Crippen molar-refractivity contribution >= 4 is 28.4 Å². The molecule has 6 rings (SSSR count). The highest BCUT2D eigenvalue weighted by Gasteiger charge is 2.46. The van der Waals surface area contributed by atoms with E-state index in [1.165, 1.54) is 0 Å². The van der Waals surface area contributed by atoms with E-state index in [-0.39, 0.29) is 23.8 Å². The van der Waals surface area contributed by atoms with Crippen molar-refractivity contribution in [2.45, 2.75) is 39.0 Å². The minimum absolute atomic E-state index is 0.0748. The van der Waals surface area contributed by atoms with E-state index in [0.29, 0.717) is 17.9 Å². The zero-order valence-corrected chi connectivity index (χ0v) is 24.2. The van der Waals surface area contributed by atoms with Gasteiger partial charge in [0.1, 0.15) is 18.4 Å². The standard InChI is InChI=1S/C36H35N3O3/c1-4-24(2)33(35(40)37-26-18-20-27(21-19-26)42-23-25-12-6-5-7-13-25)39-34(29-15-8-9-16-30(29)36(39)41)31-22-38(3)32-17-11-10-14-28(31)32/h5-22,24,33-34H,4,23H2,1-3H3,(H,37,40). The molecule has 0 saturated heterocycles. The van der Waals surface area contributed by atoms with Gasteiger partial charge in [0.2, 0.25) is 5.91 Å². The van der Waals surface area contributed by atoms with Crippen LogP contribution >= 0.6 is 0 Å². The van der Waals surface area contributed by atoms with Gasteiger partial charge in [-0.2, -0.15) is 0 Å². The number of hydrogen-bond donors (Lipinski definition) is 1. The van der Waals surface area contributed by atoms with Gasteiger partial charge in [0, 0.05) is 41.0 Å². The van der Waals surface area contributed by atoms with E-state index in [4.69, 9.17) is 4.74 Å². The second kappa shape index (κ2) is 11.6. The van der Waals surface area contributed by atoms with Crippen molar-refractivity contribution in [2.24, 2.45) is 13.0 Å². The number of benzene rings is 4. The first kappa shape index (κ1) is 27.3. The highest BCUT2D eigenvalue weighted by molar-refractivity contribution is 6.05. The summed E-state index contributed by atoms with van der Waals surface area (Å²) in [6, 6.07) is 32.3. The molecule has 2 amide bonds. The monoisotopic (exact) mass is 557 g/mol. The Morgan fingerprint density at radius 3 is 2.33 bits per heavy atom. The molecule has 6 nitrogen and oxygen atoms in total. The van der Waals surface area contributed by atoms with E-state index in [1.807, 2.05) is 110 Å². The zero-order chi connectivity index (χ0) is 29.2. The summed E-state index contributed by atoms with van der Waals surface area (Å²) in [4.78, 5) is 30.0. The summed E-state index contributed by atoms with van der Waals surface area (Å²) in [5, 5.41) is 4.18. The van der Waals surface area contributed by atoms with Gasteiger partial charge in [0.15, 0.2) is 0 Å². The molecule has 0 radical (unpaired) electrons. The molecule has 1 aromatic heterocycles. The fourth-order valence-electron chi connectivity index (χ4n) is 6.01. The Balaban J connectivity index is 1.31. The molecule has 0 bridgehead atoms. The molecule has 212 valence electrons. The van der Waals surface area contributed by atoms with Crippen molar-refractivity contribution in [3.05, 3.63) is 132 Å². The molecule has 0 spiro atoms. The highest BCUT2D eigenvalue weighted by Crippen LogP contribution is 2.44. The summed E-state index contributed by atoms with van der Waals surface area (Å²) >= 11 is 0. The van der Waals surface area contributed by atoms with Crippen LogP contribution in [-0.4, -0.2) is 27.3 Å². The van der Waals surface area contributed by atoms with E-state index in [2.05, 4.69) is 35.1 Å². The number of fused-ring (bicyclic) bond motifs is 2. The number of aryl methyl sites for hydroxylation is 1. The Labute approximate surface area is 246 Å². The molecule has 3 unspecified atom stereocenters. The molecule has 3 atom stereocenters. The molecule has 6 heteroatoms. The zero-order valence-electron chi connectivity index (χ0n) is 24.2. The average molecular weight is 558 g/mol. The van der Waals surface area contributed by atoms with Crippen molar-refractivity contribution in [3.8, 4) is 5.75 Å². The molecule has 0 fully saturated rings. The lowest BCUT2D eigenvalue weighted by molar-refractivity contribution is -0.122. The van der Waals surface area contributed by atoms with Crippen LogP contribution in [0.5, 0.6) is 5.75 Å². The minimum atomic E-state index is -0.673. The van der Waals surface area contributed by atoms with Crippen LogP contribution in [0, 0.1) is 5.92 Å². The fourth-order valence-corrected chi connectivity index (χ4v) is 6.01. The van der Waals surface area contributed by atoms with Gasteiger partial charge in [-0.3, -0.25) is 9.59 Å². The first-order chi connectivity index (χ1) is 20.5. The smallest absolute Gasteiger partial charge is 0.255 e. The van der Waals surface area contributed by atoms with Crippen LogP contribution in [0.4, 0.5) is 5.69 Å². The van der Waals surface area contributed by atoms with Crippen LogP contribution in [-0.2, 0) is 18.4 Å². The summed E-state index contributed by atoms with van der Waals surface area (Å²) < 4.78 is 8.01. The maximum atomic E-state index is 14.1. The molecular weight excluding hydrogens is 522 g/mol. The second-order valence-electron chi connectivity index (χ2n) is 11.0. The van der Waals surface area contributed by atoms with Crippen LogP contribution in [0.3, 0.4) is 0 Å². The molecule has 5 aromatic rings. The molecular formula is C36H35N3O3. The number of nitrogens with zero attached hydrogens (tertiary/aromatic N) is 2. The Morgan fingerprint density at radius 2 is 1.57 bits per heavy atom.